The van der Waals surface area contributed by atoms with Gasteiger partial charge in [-0.15, -0.1) is 0 Å². The summed E-state index contributed by atoms with van der Waals surface area (Å²) in [6.07, 6.45) is 0. The van der Waals surface area contributed by atoms with Crippen LogP contribution >= 0.6 is 46.1 Å². The Morgan fingerprint density at radius 3 is 2.48 bits per heavy atom. The molecule has 0 radical (unpaired) electrons. The number of benzene rings is 2. The molecule has 2 aromatic carbocycles. The summed E-state index contributed by atoms with van der Waals surface area (Å²) in [4.78, 5) is 4.49. The number of halogens is 3. The Bertz CT molecular complexity index is 796. The minimum absolute atomic E-state index is 0.448. The second-order valence-electron chi connectivity index (χ2n) is 4.22. The van der Waals surface area contributed by atoms with Gasteiger partial charge >= 0.3 is 0 Å². The average molecular weight is 360 g/mol. The van der Waals surface area contributed by atoms with Crippen molar-refractivity contribution >= 4 is 67.2 Å². The van der Waals surface area contributed by atoms with Crippen molar-refractivity contribution in [1.82, 2.24) is 4.98 Å². The van der Waals surface area contributed by atoms with E-state index in [9.17, 15) is 0 Å². The van der Waals surface area contributed by atoms with Crippen LogP contribution in [0.2, 0.25) is 15.1 Å². The van der Waals surface area contributed by atoms with E-state index >= 15 is 0 Å². The first kappa shape index (κ1) is 14.7. The van der Waals surface area contributed by atoms with E-state index in [1.54, 1.807) is 19.2 Å². The van der Waals surface area contributed by atoms with Gasteiger partial charge in [0.1, 0.15) is 5.75 Å². The van der Waals surface area contributed by atoms with E-state index in [2.05, 4.69) is 10.3 Å². The number of hydrogen-bond donors (Lipinski definition) is 1. The zero-order valence-electron chi connectivity index (χ0n) is 10.8. The van der Waals surface area contributed by atoms with Gasteiger partial charge in [-0.25, -0.2) is 4.98 Å². The predicted molar refractivity (Wildman–Crippen MR) is 90.9 cm³/mol. The number of hydrogen-bond acceptors (Lipinski definition) is 4. The molecular formula is C14H9Cl3N2OS. The van der Waals surface area contributed by atoms with E-state index in [4.69, 9.17) is 39.5 Å². The van der Waals surface area contributed by atoms with E-state index < -0.39 is 0 Å². The highest BCUT2D eigenvalue weighted by Crippen LogP contribution is 2.38. The zero-order chi connectivity index (χ0) is 15.0. The summed E-state index contributed by atoms with van der Waals surface area (Å²) in [5.41, 5.74) is 1.47. The van der Waals surface area contributed by atoms with Crippen LogP contribution in [0.25, 0.3) is 10.2 Å². The third-order valence-corrected chi connectivity index (χ3v) is 4.58. The molecule has 0 saturated heterocycles. The number of ether oxygens (including phenoxy) is 1. The summed E-state index contributed by atoms with van der Waals surface area (Å²) < 4.78 is 6.21. The molecule has 21 heavy (non-hydrogen) atoms. The standard InChI is InChI=1S/C14H9Cl3N2OS/c1-20-8-2-3-11-12(6-8)21-14(18-11)19-13-9(16)4-7(15)5-10(13)17/h2-6H,1H3,(H,18,19). The molecule has 7 heteroatoms. The lowest BCUT2D eigenvalue weighted by Crippen LogP contribution is -1.91. The van der Waals surface area contributed by atoms with Gasteiger partial charge in [0.15, 0.2) is 5.13 Å². The first-order chi connectivity index (χ1) is 10.1. The summed E-state index contributed by atoms with van der Waals surface area (Å²) in [7, 11) is 1.63. The molecule has 0 unspecified atom stereocenters. The predicted octanol–water partition coefficient (Wildman–Crippen LogP) is 6.01. The SMILES string of the molecule is COc1ccc2nc(Nc3c(Cl)cc(Cl)cc3Cl)sc2c1. The molecule has 0 aliphatic carbocycles. The minimum Gasteiger partial charge on any atom is -0.497 e. The fourth-order valence-corrected chi connectivity index (χ4v) is 3.66. The molecule has 3 rings (SSSR count). The monoisotopic (exact) mass is 358 g/mol. The first-order valence-electron chi connectivity index (χ1n) is 5.93. The van der Waals surface area contributed by atoms with E-state index in [1.807, 2.05) is 18.2 Å². The molecule has 3 nitrogen and oxygen atoms in total. The van der Waals surface area contributed by atoms with Gasteiger partial charge in [-0.05, 0) is 30.3 Å². The van der Waals surface area contributed by atoms with Gasteiger partial charge in [0.2, 0.25) is 0 Å². The second kappa shape index (κ2) is 5.89. The van der Waals surface area contributed by atoms with Gasteiger partial charge in [0.05, 0.1) is 33.1 Å². The normalized spacial score (nSPS) is 10.9. The summed E-state index contributed by atoms with van der Waals surface area (Å²) >= 11 is 19.7. The minimum atomic E-state index is 0.448. The van der Waals surface area contributed by atoms with Crippen LogP contribution in [0.15, 0.2) is 30.3 Å². The van der Waals surface area contributed by atoms with Gasteiger partial charge < -0.3 is 10.1 Å². The van der Waals surface area contributed by atoms with Crippen LogP contribution in [0.1, 0.15) is 0 Å². The Kier molecular flexibility index (Phi) is 4.13. The summed E-state index contributed by atoms with van der Waals surface area (Å²) in [5.74, 6) is 0.792. The molecule has 0 bridgehead atoms. The number of fused-ring (bicyclic) bond motifs is 1. The zero-order valence-corrected chi connectivity index (χ0v) is 13.9. The maximum absolute atomic E-state index is 6.16. The Hall–Kier alpha value is -1.20. The fraction of sp³-hybridized carbons (Fsp3) is 0.0714. The lowest BCUT2D eigenvalue weighted by atomic mass is 10.3. The van der Waals surface area contributed by atoms with Crippen molar-refractivity contribution in [1.29, 1.82) is 0 Å². The van der Waals surface area contributed by atoms with Gasteiger partial charge in [0.25, 0.3) is 0 Å². The lowest BCUT2D eigenvalue weighted by Gasteiger charge is -2.07. The van der Waals surface area contributed by atoms with Crippen molar-refractivity contribution < 1.29 is 4.74 Å². The topological polar surface area (TPSA) is 34.1 Å². The number of nitrogens with one attached hydrogen (secondary N) is 1. The summed E-state index contributed by atoms with van der Waals surface area (Å²) in [6, 6.07) is 8.97. The third kappa shape index (κ3) is 3.04. The molecular weight excluding hydrogens is 351 g/mol. The molecule has 1 N–H and O–H groups in total. The van der Waals surface area contributed by atoms with E-state index in [0.717, 1.165) is 16.0 Å². The van der Waals surface area contributed by atoms with E-state index in [1.165, 1.54) is 11.3 Å². The van der Waals surface area contributed by atoms with Gasteiger partial charge in [-0.3, -0.25) is 0 Å². The van der Waals surface area contributed by atoms with Crippen molar-refractivity contribution in [3.8, 4) is 5.75 Å². The molecule has 0 aliphatic heterocycles. The maximum atomic E-state index is 6.16. The highest BCUT2D eigenvalue weighted by atomic mass is 35.5. The number of anilines is 2. The average Bonchev–Trinajstić information content (AvgIpc) is 2.84. The fourth-order valence-electron chi connectivity index (χ4n) is 1.85. The maximum Gasteiger partial charge on any atom is 0.188 e. The molecule has 3 aromatic rings. The molecule has 1 aromatic heterocycles. The van der Waals surface area contributed by atoms with Crippen LogP contribution in [-0.2, 0) is 0 Å². The Morgan fingerprint density at radius 2 is 1.81 bits per heavy atom. The molecule has 0 spiro atoms. The lowest BCUT2D eigenvalue weighted by molar-refractivity contribution is 0.415. The molecule has 0 fully saturated rings. The number of nitrogens with zero attached hydrogens (tertiary/aromatic N) is 1. The Labute approximate surface area is 140 Å². The Morgan fingerprint density at radius 1 is 1.10 bits per heavy atom. The molecule has 0 aliphatic rings. The van der Waals surface area contributed by atoms with E-state index in [-0.39, 0.29) is 0 Å². The van der Waals surface area contributed by atoms with Crippen molar-refractivity contribution in [2.75, 3.05) is 12.4 Å². The van der Waals surface area contributed by atoms with Crippen LogP contribution in [0.4, 0.5) is 10.8 Å². The quantitative estimate of drug-likeness (QED) is 0.622. The van der Waals surface area contributed by atoms with Crippen molar-refractivity contribution in [3.05, 3.63) is 45.4 Å². The van der Waals surface area contributed by atoms with Crippen molar-refractivity contribution in [3.63, 3.8) is 0 Å². The number of methoxy groups -OCH3 is 1. The largest absolute Gasteiger partial charge is 0.497 e. The van der Waals surface area contributed by atoms with Crippen LogP contribution in [0, 0.1) is 0 Å². The van der Waals surface area contributed by atoms with Crippen LogP contribution < -0.4 is 10.1 Å². The number of thiazole rings is 1. The molecule has 1 heterocycles. The van der Waals surface area contributed by atoms with Crippen LogP contribution in [0.3, 0.4) is 0 Å². The highest BCUT2D eigenvalue weighted by molar-refractivity contribution is 7.22. The van der Waals surface area contributed by atoms with Crippen molar-refractivity contribution in [2.45, 2.75) is 0 Å². The molecule has 0 saturated carbocycles. The summed E-state index contributed by atoms with van der Waals surface area (Å²) in [5, 5.41) is 5.22. The van der Waals surface area contributed by atoms with Crippen LogP contribution in [0.5, 0.6) is 5.75 Å². The number of aromatic nitrogens is 1. The highest BCUT2D eigenvalue weighted by Gasteiger charge is 2.11. The summed E-state index contributed by atoms with van der Waals surface area (Å²) in [6.45, 7) is 0. The van der Waals surface area contributed by atoms with Gasteiger partial charge in [-0.2, -0.15) is 0 Å². The number of rotatable bonds is 3. The smallest absolute Gasteiger partial charge is 0.188 e. The molecule has 108 valence electrons. The van der Waals surface area contributed by atoms with E-state index in [0.29, 0.717) is 25.9 Å². The third-order valence-electron chi connectivity index (χ3n) is 2.83. The first-order valence-corrected chi connectivity index (χ1v) is 7.88. The van der Waals surface area contributed by atoms with Gasteiger partial charge in [-0.1, -0.05) is 46.1 Å². The van der Waals surface area contributed by atoms with Crippen LogP contribution in [-0.4, -0.2) is 12.1 Å². The van der Waals surface area contributed by atoms with Crippen molar-refractivity contribution in [2.24, 2.45) is 0 Å². The second-order valence-corrected chi connectivity index (χ2v) is 6.50. The van der Waals surface area contributed by atoms with Gasteiger partial charge in [0, 0.05) is 5.02 Å². The Balaban J connectivity index is 1.98. The molecule has 0 amide bonds. The molecule has 0 atom stereocenters.